The second-order valence-corrected chi connectivity index (χ2v) is 7.27. The highest BCUT2D eigenvalue weighted by Crippen LogP contribution is 2.36. The molecule has 1 heterocycles. The Balaban J connectivity index is 2.30. The lowest BCUT2D eigenvalue weighted by atomic mass is 10.1. The highest BCUT2D eigenvalue weighted by atomic mass is 32.2. The second kappa shape index (κ2) is 6.25. The van der Waals surface area contributed by atoms with E-state index in [0.717, 1.165) is 23.6 Å². The average Bonchev–Trinajstić information content (AvgIpc) is 2.88. The summed E-state index contributed by atoms with van der Waals surface area (Å²) >= 11 is 0. The van der Waals surface area contributed by atoms with Crippen LogP contribution in [0.4, 0.5) is 13.2 Å². The summed E-state index contributed by atoms with van der Waals surface area (Å²) in [6.45, 7) is -0.296. The van der Waals surface area contributed by atoms with Crippen molar-refractivity contribution in [2.45, 2.75) is 37.6 Å². The fraction of sp³-hybridized carbons (Fsp3) is 0.615. The molecule has 0 radical (unpaired) electrons. The second-order valence-electron chi connectivity index (χ2n) is 5.33. The summed E-state index contributed by atoms with van der Waals surface area (Å²) in [5, 5.41) is 9.63. The molecule has 2 aliphatic rings. The van der Waals surface area contributed by atoms with Crippen LogP contribution in [0.25, 0.3) is 0 Å². The minimum atomic E-state index is -4.50. The molecule has 0 saturated carbocycles. The molecule has 0 unspecified atom stereocenters. The van der Waals surface area contributed by atoms with Crippen molar-refractivity contribution < 1.29 is 36.2 Å². The van der Waals surface area contributed by atoms with E-state index < -0.39 is 46.3 Å². The molecule has 0 aromatic rings. The van der Waals surface area contributed by atoms with Gasteiger partial charge in [-0.1, -0.05) is 6.08 Å². The van der Waals surface area contributed by atoms with Gasteiger partial charge >= 0.3 is 12.1 Å². The van der Waals surface area contributed by atoms with Gasteiger partial charge < -0.3 is 9.84 Å². The highest BCUT2D eigenvalue weighted by Gasteiger charge is 2.45. The molecule has 2 atom stereocenters. The maximum Gasteiger partial charge on any atom is 0.412 e. The number of hydrogen-bond acceptors (Lipinski definition) is 5. The van der Waals surface area contributed by atoms with E-state index in [1.165, 1.54) is 0 Å². The van der Waals surface area contributed by atoms with Crippen LogP contribution in [-0.4, -0.2) is 55.8 Å². The number of carbonyl (C=O) groups is 1. The summed E-state index contributed by atoms with van der Waals surface area (Å²) in [7, 11) is -3.05. The first-order valence-electron chi connectivity index (χ1n) is 6.82. The smallest absolute Gasteiger partial charge is 0.412 e. The van der Waals surface area contributed by atoms with E-state index in [2.05, 4.69) is 4.74 Å². The molecule has 1 aliphatic heterocycles. The Hall–Kier alpha value is -1.39. The van der Waals surface area contributed by atoms with Gasteiger partial charge in [-0.25, -0.2) is 8.42 Å². The van der Waals surface area contributed by atoms with Gasteiger partial charge in [-0.2, -0.15) is 17.5 Å². The van der Waals surface area contributed by atoms with E-state index in [1.54, 1.807) is 0 Å². The van der Waals surface area contributed by atoms with Crippen molar-refractivity contribution in [1.29, 1.82) is 0 Å². The normalized spacial score (nSPS) is 26.7. The molecule has 0 amide bonds. The molecule has 1 aliphatic carbocycles. The van der Waals surface area contributed by atoms with Crippen molar-refractivity contribution in [2.24, 2.45) is 0 Å². The molecule has 0 spiro atoms. The number of hydrogen-bond donors (Lipinski definition) is 1. The first-order chi connectivity index (χ1) is 10.6. The third kappa shape index (κ3) is 3.59. The molecule has 0 aromatic heterocycles. The Morgan fingerprint density at radius 3 is 2.48 bits per heavy atom. The maximum absolute atomic E-state index is 12.6. The van der Waals surface area contributed by atoms with Crippen molar-refractivity contribution in [2.75, 3.05) is 13.7 Å². The van der Waals surface area contributed by atoms with Gasteiger partial charge in [0.2, 0.25) is 10.0 Å². The molecular weight excluding hydrogens is 339 g/mol. The third-order valence-electron chi connectivity index (χ3n) is 3.82. The number of carbonyl (C=O) groups excluding carboxylic acids is 1. The quantitative estimate of drug-likeness (QED) is 0.766. The lowest BCUT2D eigenvalue weighted by Gasteiger charge is -2.25. The first kappa shape index (κ1) is 18.0. The van der Waals surface area contributed by atoms with Gasteiger partial charge in [0.15, 0.2) is 0 Å². The summed E-state index contributed by atoms with van der Waals surface area (Å²) in [6.07, 6.45) is -4.76. The van der Waals surface area contributed by atoms with E-state index >= 15 is 0 Å². The monoisotopic (exact) mass is 355 g/mol. The van der Waals surface area contributed by atoms with Gasteiger partial charge in [0.25, 0.3) is 0 Å². The summed E-state index contributed by atoms with van der Waals surface area (Å²) < 4.78 is 68.1. The fourth-order valence-corrected chi connectivity index (χ4v) is 4.40. The maximum atomic E-state index is 12.6. The Morgan fingerprint density at radius 2 is 2.00 bits per heavy atom. The number of rotatable bonds is 3. The molecule has 10 heteroatoms. The number of aliphatic hydroxyl groups is 1. The lowest BCUT2D eigenvalue weighted by molar-refractivity contribution is -0.144. The molecule has 1 saturated heterocycles. The lowest BCUT2D eigenvalue weighted by Crippen LogP contribution is -2.41. The Morgan fingerprint density at radius 1 is 1.35 bits per heavy atom. The molecule has 130 valence electrons. The van der Waals surface area contributed by atoms with Gasteiger partial charge in [-0.05, 0) is 18.9 Å². The van der Waals surface area contributed by atoms with Crippen LogP contribution in [0, 0.1) is 0 Å². The van der Waals surface area contributed by atoms with Crippen molar-refractivity contribution in [3.05, 3.63) is 22.6 Å². The average molecular weight is 355 g/mol. The van der Waals surface area contributed by atoms with Gasteiger partial charge in [0, 0.05) is 18.5 Å². The zero-order valence-electron chi connectivity index (χ0n) is 12.2. The number of halogens is 3. The molecule has 1 fully saturated rings. The van der Waals surface area contributed by atoms with Gasteiger partial charge in [-0.15, -0.1) is 0 Å². The number of nitrogens with zero attached hydrogens (tertiary/aromatic N) is 1. The molecule has 1 N–H and O–H groups in total. The summed E-state index contributed by atoms with van der Waals surface area (Å²) in [4.78, 5) is 11.4. The van der Waals surface area contributed by atoms with Crippen LogP contribution < -0.4 is 0 Å². The topological polar surface area (TPSA) is 83.9 Å². The number of methoxy groups -OCH3 is 1. The number of β-amino-alcohol motifs (C(OH)–C–C–N with tert-alkyl or cyclic N) is 1. The predicted molar refractivity (Wildman–Crippen MR) is 73.5 cm³/mol. The number of allylic oxidation sites excluding steroid dienone is 4. The summed E-state index contributed by atoms with van der Waals surface area (Å²) in [5.74, 6) is -0.812. The molecule has 2 rings (SSSR count). The van der Waals surface area contributed by atoms with Gasteiger partial charge in [0.05, 0.1) is 18.1 Å². The third-order valence-corrected chi connectivity index (χ3v) is 5.85. The fourth-order valence-electron chi connectivity index (χ4n) is 2.62. The van der Waals surface area contributed by atoms with E-state index in [-0.39, 0.29) is 24.3 Å². The Kier molecular flexibility index (Phi) is 4.88. The molecule has 0 aromatic carbocycles. The van der Waals surface area contributed by atoms with Crippen LogP contribution in [0.3, 0.4) is 0 Å². The van der Waals surface area contributed by atoms with Crippen LogP contribution in [0.5, 0.6) is 0 Å². The number of esters is 1. The van der Waals surface area contributed by atoms with Crippen molar-refractivity contribution in [3.8, 4) is 0 Å². The van der Waals surface area contributed by atoms with Crippen LogP contribution >= 0.6 is 0 Å². The van der Waals surface area contributed by atoms with Gasteiger partial charge in [0.1, 0.15) is 6.04 Å². The SMILES string of the molecule is COC(=O)[C@@H]1C[C@@H](O)CN1S(=O)(=O)C1=CC=C(C(F)(F)F)CC1. The minimum absolute atomic E-state index is 0.108. The highest BCUT2D eigenvalue weighted by molar-refractivity contribution is 7.93. The number of sulfonamides is 1. The zero-order valence-corrected chi connectivity index (χ0v) is 13.0. The van der Waals surface area contributed by atoms with E-state index in [1.807, 2.05) is 0 Å². The van der Waals surface area contributed by atoms with Crippen LogP contribution in [-0.2, 0) is 19.6 Å². The molecule has 0 bridgehead atoms. The molecule has 23 heavy (non-hydrogen) atoms. The Labute approximate surface area is 131 Å². The minimum Gasteiger partial charge on any atom is -0.468 e. The van der Waals surface area contributed by atoms with Crippen molar-refractivity contribution in [1.82, 2.24) is 4.31 Å². The number of aliphatic hydroxyl groups excluding tert-OH is 1. The Bertz CT molecular complexity index is 653. The molecular formula is C13H16F3NO5S. The van der Waals surface area contributed by atoms with Crippen molar-refractivity contribution >= 4 is 16.0 Å². The standard InChI is InChI=1S/C13H16F3NO5S/c1-22-12(19)11-6-9(18)7-17(11)23(20,21)10-4-2-8(3-5-10)13(14,15)16/h2,4,9,11,18H,3,5-7H2,1H3/t9-,11+/m1/s1. The van der Waals surface area contributed by atoms with E-state index in [9.17, 15) is 31.5 Å². The van der Waals surface area contributed by atoms with Crippen LogP contribution in [0.1, 0.15) is 19.3 Å². The van der Waals surface area contributed by atoms with Crippen molar-refractivity contribution in [3.63, 3.8) is 0 Å². The summed E-state index contributed by atoms with van der Waals surface area (Å²) in [5.41, 5.74) is -0.803. The number of ether oxygens (including phenoxy) is 1. The van der Waals surface area contributed by atoms with E-state index in [4.69, 9.17) is 0 Å². The largest absolute Gasteiger partial charge is 0.468 e. The van der Waals surface area contributed by atoms with Crippen LogP contribution in [0.15, 0.2) is 22.6 Å². The zero-order chi connectivity index (χ0) is 17.4. The van der Waals surface area contributed by atoms with E-state index in [0.29, 0.717) is 0 Å². The van der Waals surface area contributed by atoms with Crippen LogP contribution in [0.2, 0.25) is 0 Å². The van der Waals surface area contributed by atoms with Gasteiger partial charge in [-0.3, -0.25) is 4.79 Å². The summed E-state index contributed by atoms with van der Waals surface area (Å²) in [6, 6.07) is -1.17. The molecule has 6 nitrogen and oxygen atoms in total. The number of alkyl halides is 3. The predicted octanol–water partition coefficient (Wildman–Crippen LogP) is 1.09. The first-order valence-corrected chi connectivity index (χ1v) is 8.26.